The SMILES string of the molecule is CCOC(=O)[C@H]1C[C@H]1c1ccc(OC)cc1. The molecule has 1 aliphatic carbocycles. The molecule has 3 nitrogen and oxygen atoms in total. The molecule has 0 unspecified atom stereocenters. The molecule has 0 saturated heterocycles. The van der Waals surface area contributed by atoms with E-state index in [1.807, 2.05) is 31.2 Å². The Bertz CT molecular complexity index is 369. The number of carbonyl (C=O) groups excluding carboxylic acids is 1. The van der Waals surface area contributed by atoms with Gasteiger partial charge in [0.25, 0.3) is 0 Å². The number of benzene rings is 1. The topological polar surface area (TPSA) is 35.5 Å². The predicted molar refractivity (Wildman–Crippen MR) is 60.5 cm³/mol. The zero-order chi connectivity index (χ0) is 11.5. The van der Waals surface area contributed by atoms with Gasteiger partial charge in [0, 0.05) is 0 Å². The van der Waals surface area contributed by atoms with Crippen LogP contribution < -0.4 is 4.74 Å². The van der Waals surface area contributed by atoms with Crippen LogP contribution in [0.15, 0.2) is 24.3 Å². The average molecular weight is 220 g/mol. The lowest BCUT2D eigenvalue weighted by Gasteiger charge is -2.03. The van der Waals surface area contributed by atoms with Gasteiger partial charge in [-0.3, -0.25) is 4.79 Å². The molecule has 2 rings (SSSR count). The summed E-state index contributed by atoms with van der Waals surface area (Å²) < 4.78 is 10.1. The van der Waals surface area contributed by atoms with Crippen LogP contribution in [0.2, 0.25) is 0 Å². The quantitative estimate of drug-likeness (QED) is 0.731. The second-order valence-corrected chi connectivity index (χ2v) is 3.97. The van der Waals surface area contributed by atoms with Crippen LogP contribution in [0.4, 0.5) is 0 Å². The lowest BCUT2D eigenvalue weighted by Crippen LogP contribution is -2.07. The molecule has 1 aromatic rings. The first-order valence-electron chi connectivity index (χ1n) is 5.56. The third kappa shape index (κ3) is 2.18. The van der Waals surface area contributed by atoms with E-state index in [2.05, 4.69) is 0 Å². The van der Waals surface area contributed by atoms with Crippen LogP contribution in [0, 0.1) is 5.92 Å². The van der Waals surface area contributed by atoms with Crippen LogP contribution in [-0.4, -0.2) is 19.7 Å². The highest BCUT2D eigenvalue weighted by molar-refractivity contribution is 5.77. The van der Waals surface area contributed by atoms with Gasteiger partial charge < -0.3 is 9.47 Å². The maximum atomic E-state index is 11.5. The summed E-state index contributed by atoms with van der Waals surface area (Å²) in [7, 11) is 1.65. The van der Waals surface area contributed by atoms with Gasteiger partial charge in [0.1, 0.15) is 5.75 Å². The van der Waals surface area contributed by atoms with Gasteiger partial charge in [-0.2, -0.15) is 0 Å². The van der Waals surface area contributed by atoms with E-state index in [9.17, 15) is 4.79 Å². The minimum atomic E-state index is -0.0664. The largest absolute Gasteiger partial charge is 0.497 e. The summed E-state index contributed by atoms with van der Waals surface area (Å²) in [6.07, 6.45) is 0.908. The second kappa shape index (κ2) is 4.56. The summed E-state index contributed by atoms with van der Waals surface area (Å²) in [5.74, 6) is 1.18. The monoisotopic (exact) mass is 220 g/mol. The number of hydrogen-bond acceptors (Lipinski definition) is 3. The second-order valence-electron chi connectivity index (χ2n) is 3.97. The number of esters is 1. The minimum absolute atomic E-state index is 0.0633. The molecule has 0 amide bonds. The summed E-state index contributed by atoms with van der Waals surface area (Å²) in [6.45, 7) is 2.30. The van der Waals surface area contributed by atoms with Gasteiger partial charge in [0.05, 0.1) is 19.6 Å². The van der Waals surface area contributed by atoms with E-state index >= 15 is 0 Å². The van der Waals surface area contributed by atoms with Crippen molar-refractivity contribution in [3.63, 3.8) is 0 Å². The van der Waals surface area contributed by atoms with Gasteiger partial charge in [-0.25, -0.2) is 0 Å². The Kier molecular flexibility index (Phi) is 3.13. The van der Waals surface area contributed by atoms with Crippen LogP contribution in [-0.2, 0) is 9.53 Å². The zero-order valence-corrected chi connectivity index (χ0v) is 9.60. The fourth-order valence-electron chi connectivity index (χ4n) is 1.92. The first-order chi connectivity index (χ1) is 7.76. The van der Waals surface area contributed by atoms with Gasteiger partial charge in [-0.1, -0.05) is 12.1 Å². The van der Waals surface area contributed by atoms with Crippen LogP contribution in [0.25, 0.3) is 0 Å². The molecule has 1 fully saturated rings. The molecule has 0 spiro atoms. The number of methoxy groups -OCH3 is 1. The minimum Gasteiger partial charge on any atom is -0.497 e. The first-order valence-corrected chi connectivity index (χ1v) is 5.56. The zero-order valence-electron chi connectivity index (χ0n) is 9.60. The van der Waals surface area contributed by atoms with Crippen molar-refractivity contribution in [2.24, 2.45) is 5.92 Å². The standard InChI is InChI=1S/C13H16O3/c1-3-16-13(14)12-8-11(12)9-4-6-10(15-2)7-5-9/h4-7,11-12H,3,8H2,1-2H3/t11-,12-/m0/s1. The molecule has 0 radical (unpaired) electrons. The Morgan fingerprint density at radius 2 is 2.06 bits per heavy atom. The fraction of sp³-hybridized carbons (Fsp3) is 0.462. The van der Waals surface area contributed by atoms with Crippen molar-refractivity contribution in [1.29, 1.82) is 0 Å². The summed E-state index contributed by atoms with van der Waals surface area (Å²) in [5.41, 5.74) is 1.19. The summed E-state index contributed by atoms with van der Waals surface area (Å²) in [4.78, 5) is 11.5. The lowest BCUT2D eigenvalue weighted by atomic mass is 10.1. The summed E-state index contributed by atoms with van der Waals surface area (Å²) in [6, 6.07) is 7.89. The number of rotatable bonds is 4. The van der Waals surface area contributed by atoms with E-state index in [0.29, 0.717) is 12.5 Å². The molecule has 0 aliphatic heterocycles. The van der Waals surface area contributed by atoms with Crippen molar-refractivity contribution >= 4 is 5.97 Å². The van der Waals surface area contributed by atoms with E-state index < -0.39 is 0 Å². The Labute approximate surface area is 95.4 Å². The maximum absolute atomic E-state index is 11.5. The van der Waals surface area contributed by atoms with Gasteiger partial charge in [0.2, 0.25) is 0 Å². The molecule has 0 N–H and O–H groups in total. The molecule has 0 bridgehead atoms. The average Bonchev–Trinajstić information content (AvgIpc) is 3.09. The molecule has 1 aromatic carbocycles. The van der Waals surface area contributed by atoms with Crippen molar-refractivity contribution < 1.29 is 14.3 Å². The predicted octanol–water partition coefficient (Wildman–Crippen LogP) is 2.36. The molecule has 16 heavy (non-hydrogen) atoms. The summed E-state index contributed by atoms with van der Waals surface area (Å²) in [5, 5.41) is 0. The van der Waals surface area contributed by atoms with Gasteiger partial charge in [0.15, 0.2) is 0 Å². The van der Waals surface area contributed by atoms with Crippen LogP contribution in [0.5, 0.6) is 5.75 Å². The molecule has 2 atom stereocenters. The molecule has 0 aromatic heterocycles. The number of ether oxygens (including phenoxy) is 2. The van der Waals surface area contributed by atoms with E-state index in [1.54, 1.807) is 7.11 Å². The van der Waals surface area contributed by atoms with Crippen LogP contribution in [0.1, 0.15) is 24.8 Å². The van der Waals surface area contributed by atoms with Crippen molar-refractivity contribution in [2.45, 2.75) is 19.3 Å². The van der Waals surface area contributed by atoms with E-state index in [0.717, 1.165) is 12.2 Å². The molecular weight excluding hydrogens is 204 g/mol. The van der Waals surface area contributed by atoms with Crippen molar-refractivity contribution in [3.05, 3.63) is 29.8 Å². The fourth-order valence-corrected chi connectivity index (χ4v) is 1.92. The lowest BCUT2D eigenvalue weighted by molar-refractivity contribution is -0.144. The van der Waals surface area contributed by atoms with Gasteiger partial charge in [-0.05, 0) is 37.0 Å². The normalized spacial score (nSPS) is 22.6. The van der Waals surface area contributed by atoms with E-state index in [-0.39, 0.29) is 11.9 Å². The third-order valence-electron chi connectivity index (χ3n) is 2.92. The third-order valence-corrected chi connectivity index (χ3v) is 2.92. The molecular formula is C13H16O3. The van der Waals surface area contributed by atoms with Gasteiger partial charge in [-0.15, -0.1) is 0 Å². The van der Waals surface area contributed by atoms with Gasteiger partial charge >= 0.3 is 5.97 Å². The maximum Gasteiger partial charge on any atom is 0.309 e. The van der Waals surface area contributed by atoms with Crippen LogP contribution >= 0.6 is 0 Å². The highest BCUT2D eigenvalue weighted by atomic mass is 16.5. The Morgan fingerprint density at radius 3 is 2.62 bits per heavy atom. The Hall–Kier alpha value is -1.51. The van der Waals surface area contributed by atoms with Crippen molar-refractivity contribution in [2.75, 3.05) is 13.7 Å². The smallest absolute Gasteiger partial charge is 0.309 e. The molecule has 3 heteroatoms. The molecule has 1 aliphatic rings. The first kappa shape index (κ1) is 11.0. The molecule has 0 heterocycles. The molecule has 86 valence electrons. The highest BCUT2D eigenvalue weighted by Gasteiger charge is 2.44. The molecule has 1 saturated carbocycles. The van der Waals surface area contributed by atoms with Crippen LogP contribution in [0.3, 0.4) is 0 Å². The van der Waals surface area contributed by atoms with Crippen molar-refractivity contribution in [1.82, 2.24) is 0 Å². The number of carbonyl (C=O) groups is 1. The Balaban J connectivity index is 1.97. The van der Waals surface area contributed by atoms with Crippen molar-refractivity contribution in [3.8, 4) is 5.75 Å². The highest BCUT2D eigenvalue weighted by Crippen LogP contribution is 2.48. The summed E-state index contributed by atoms with van der Waals surface area (Å²) >= 11 is 0. The van der Waals surface area contributed by atoms with E-state index in [4.69, 9.17) is 9.47 Å². The number of hydrogen-bond donors (Lipinski definition) is 0. The Morgan fingerprint density at radius 1 is 1.38 bits per heavy atom. The van der Waals surface area contributed by atoms with E-state index in [1.165, 1.54) is 5.56 Å².